The molecule has 1 amide bonds. The van der Waals surface area contributed by atoms with Gasteiger partial charge >= 0.3 is 0 Å². The highest BCUT2D eigenvalue weighted by Gasteiger charge is 2.27. The van der Waals surface area contributed by atoms with Gasteiger partial charge in [0.2, 0.25) is 5.91 Å². The number of hydrogen-bond acceptors (Lipinski definition) is 2. The molecule has 74 valence electrons. The Morgan fingerprint density at radius 2 is 2.00 bits per heavy atom. The van der Waals surface area contributed by atoms with Gasteiger partial charge in [-0.3, -0.25) is 4.79 Å². The quantitative estimate of drug-likeness (QED) is 0.762. The highest BCUT2D eigenvalue weighted by Crippen LogP contribution is 2.22. The second-order valence-electron chi connectivity index (χ2n) is 3.44. The average molecular weight is 211 g/mol. The van der Waals surface area contributed by atoms with Crippen molar-refractivity contribution in [3.63, 3.8) is 0 Å². The van der Waals surface area contributed by atoms with Crippen molar-refractivity contribution >= 4 is 23.2 Å². The first-order valence-corrected chi connectivity index (χ1v) is 4.86. The number of anilines is 1. The highest BCUT2D eigenvalue weighted by atomic mass is 35.5. The summed E-state index contributed by atoms with van der Waals surface area (Å²) in [5, 5.41) is 0.671. The molecular weight excluding hydrogens is 200 g/mol. The summed E-state index contributed by atoms with van der Waals surface area (Å²) in [7, 11) is 0. The number of nitrogens with two attached hydrogens (primary N) is 1. The van der Waals surface area contributed by atoms with Crippen molar-refractivity contribution in [2.45, 2.75) is 12.5 Å². The van der Waals surface area contributed by atoms with E-state index in [9.17, 15) is 4.79 Å². The molecule has 1 aromatic carbocycles. The Kier molecular flexibility index (Phi) is 2.44. The third-order valence-electron chi connectivity index (χ3n) is 2.29. The summed E-state index contributed by atoms with van der Waals surface area (Å²) in [6.45, 7) is 0.598. The molecule has 0 aromatic heterocycles. The van der Waals surface area contributed by atoms with Crippen LogP contribution in [0.1, 0.15) is 6.42 Å². The maximum absolute atomic E-state index is 11.5. The SMILES string of the molecule is N[C@@H]1CC(=O)N(c2ccc(Cl)cc2)C1. The molecular formula is C10H11ClN2O. The van der Waals surface area contributed by atoms with Crippen molar-refractivity contribution in [3.05, 3.63) is 29.3 Å². The molecule has 1 heterocycles. The van der Waals surface area contributed by atoms with Crippen LogP contribution in [0.5, 0.6) is 0 Å². The number of carbonyl (C=O) groups is 1. The lowest BCUT2D eigenvalue weighted by atomic mass is 10.3. The zero-order valence-electron chi connectivity index (χ0n) is 7.61. The van der Waals surface area contributed by atoms with Crippen LogP contribution < -0.4 is 10.6 Å². The highest BCUT2D eigenvalue weighted by molar-refractivity contribution is 6.30. The second kappa shape index (κ2) is 3.59. The first-order chi connectivity index (χ1) is 6.66. The van der Waals surface area contributed by atoms with Crippen molar-refractivity contribution in [1.29, 1.82) is 0 Å². The standard InChI is InChI=1S/C10H11ClN2O/c11-7-1-3-9(4-2-7)13-6-8(12)5-10(13)14/h1-4,8H,5-6,12H2/t8-/m1/s1. The number of benzene rings is 1. The number of carbonyl (C=O) groups excluding carboxylic acids is 1. The Hall–Kier alpha value is -1.06. The lowest BCUT2D eigenvalue weighted by Gasteiger charge is -2.15. The maximum atomic E-state index is 11.5. The molecule has 0 radical (unpaired) electrons. The monoisotopic (exact) mass is 210 g/mol. The molecule has 1 fully saturated rings. The van der Waals surface area contributed by atoms with E-state index in [0.717, 1.165) is 5.69 Å². The number of halogens is 1. The summed E-state index contributed by atoms with van der Waals surface area (Å²) in [4.78, 5) is 13.2. The normalized spacial score (nSPS) is 21.7. The fourth-order valence-corrected chi connectivity index (χ4v) is 1.73. The number of amides is 1. The fourth-order valence-electron chi connectivity index (χ4n) is 1.61. The van der Waals surface area contributed by atoms with Gasteiger partial charge in [-0.15, -0.1) is 0 Å². The van der Waals surface area contributed by atoms with E-state index in [-0.39, 0.29) is 11.9 Å². The lowest BCUT2D eigenvalue weighted by molar-refractivity contribution is -0.117. The molecule has 3 nitrogen and oxygen atoms in total. The van der Waals surface area contributed by atoms with Crippen LogP contribution in [0, 0.1) is 0 Å². The molecule has 0 spiro atoms. The van der Waals surface area contributed by atoms with Gasteiger partial charge in [-0.2, -0.15) is 0 Å². The molecule has 1 saturated heterocycles. The summed E-state index contributed by atoms with van der Waals surface area (Å²) in [6, 6.07) is 7.16. The summed E-state index contributed by atoms with van der Waals surface area (Å²) >= 11 is 5.76. The predicted molar refractivity (Wildman–Crippen MR) is 56.4 cm³/mol. The van der Waals surface area contributed by atoms with Crippen molar-refractivity contribution < 1.29 is 4.79 Å². The van der Waals surface area contributed by atoms with E-state index in [0.29, 0.717) is 18.0 Å². The zero-order chi connectivity index (χ0) is 10.1. The van der Waals surface area contributed by atoms with Crippen LogP contribution in [0.25, 0.3) is 0 Å². The van der Waals surface area contributed by atoms with Crippen molar-refractivity contribution in [2.24, 2.45) is 5.73 Å². The molecule has 2 rings (SSSR count). The molecule has 0 bridgehead atoms. The van der Waals surface area contributed by atoms with Gasteiger partial charge in [0.05, 0.1) is 0 Å². The third-order valence-corrected chi connectivity index (χ3v) is 2.55. The molecule has 0 unspecified atom stereocenters. The van der Waals surface area contributed by atoms with Gasteiger partial charge in [0, 0.05) is 29.7 Å². The van der Waals surface area contributed by atoms with Crippen LogP contribution >= 0.6 is 11.6 Å². The summed E-state index contributed by atoms with van der Waals surface area (Å²) in [5.41, 5.74) is 6.56. The molecule has 4 heteroatoms. The van der Waals surface area contributed by atoms with Crippen molar-refractivity contribution in [1.82, 2.24) is 0 Å². The number of hydrogen-bond donors (Lipinski definition) is 1. The van der Waals surface area contributed by atoms with Crippen LogP contribution in [0.15, 0.2) is 24.3 Å². The molecule has 2 N–H and O–H groups in total. The smallest absolute Gasteiger partial charge is 0.228 e. The minimum Gasteiger partial charge on any atom is -0.326 e. The lowest BCUT2D eigenvalue weighted by Crippen LogP contribution is -2.27. The minimum atomic E-state index is -0.0434. The zero-order valence-corrected chi connectivity index (χ0v) is 8.37. The Bertz CT molecular complexity index is 350. The number of nitrogens with zero attached hydrogens (tertiary/aromatic N) is 1. The van der Waals surface area contributed by atoms with Crippen LogP contribution in [0.3, 0.4) is 0 Å². The molecule has 1 aliphatic heterocycles. The van der Waals surface area contributed by atoms with Crippen LogP contribution in [-0.4, -0.2) is 18.5 Å². The summed E-state index contributed by atoms with van der Waals surface area (Å²) in [6.07, 6.45) is 0.433. The van der Waals surface area contributed by atoms with Gasteiger partial charge in [0.1, 0.15) is 0 Å². The maximum Gasteiger partial charge on any atom is 0.228 e. The molecule has 1 aliphatic rings. The van der Waals surface area contributed by atoms with Crippen LogP contribution in [-0.2, 0) is 4.79 Å². The molecule has 14 heavy (non-hydrogen) atoms. The summed E-state index contributed by atoms with van der Waals surface area (Å²) in [5.74, 6) is 0.0832. The molecule has 1 aromatic rings. The largest absolute Gasteiger partial charge is 0.326 e. The second-order valence-corrected chi connectivity index (χ2v) is 3.88. The van der Waals surface area contributed by atoms with Gasteiger partial charge in [-0.05, 0) is 24.3 Å². The minimum absolute atomic E-state index is 0.0434. The number of rotatable bonds is 1. The van der Waals surface area contributed by atoms with E-state index < -0.39 is 0 Å². The van der Waals surface area contributed by atoms with E-state index in [1.54, 1.807) is 17.0 Å². The first kappa shape index (κ1) is 9.49. The average Bonchev–Trinajstić information content (AvgIpc) is 2.47. The van der Waals surface area contributed by atoms with Gasteiger partial charge in [-0.1, -0.05) is 11.6 Å². The van der Waals surface area contributed by atoms with E-state index in [1.165, 1.54) is 0 Å². The Morgan fingerprint density at radius 1 is 1.36 bits per heavy atom. The third kappa shape index (κ3) is 1.74. The summed E-state index contributed by atoms with van der Waals surface area (Å²) < 4.78 is 0. The molecule has 0 aliphatic carbocycles. The molecule has 0 saturated carbocycles. The Balaban J connectivity index is 2.23. The van der Waals surface area contributed by atoms with Gasteiger partial charge in [0.15, 0.2) is 0 Å². The van der Waals surface area contributed by atoms with Crippen LogP contribution in [0.2, 0.25) is 5.02 Å². The van der Waals surface area contributed by atoms with E-state index >= 15 is 0 Å². The van der Waals surface area contributed by atoms with E-state index in [4.69, 9.17) is 17.3 Å². The Morgan fingerprint density at radius 3 is 2.50 bits per heavy atom. The predicted octanol–water partition coefficient (Wildman–Crippen LogP) is 1.40. The fraction of sp³-hybridized carbons (Fsp3) is 0.300. The van der Waals surface area contributed by atoms with Gasteiger partial charge in [-0.25, -0.2) is 0 Å². The van der Waals surface area contributed by atoms with Crippen molar-refractivity contribution in [3.8, 4) is 0 Å². The van der Waals surface area contributed by atoms with E-state index in [2.05, 4.69) is 0 Å². The van der Waals surface area contributed by atoms with Crippen LogP contribution in [0.4, 0.5) is 5.69 Å². The van der Waals surface area contributed by atoms with E-state index in [1.807, 2.05) is 12.1 Å². The van der Waals surface area contributed by atoms with Gasteiger partial charge < -0.3 is 10.6 Å². The van der Waals surface area contributed by atoms with Crippen molar-refractivity contribution in [2.75, 3.05) is 11.4 Å². The van der Waals surface area contributed by atoms with Gasteiger partial charge in [0.25, 0.3) is 0 Å². The first-order valence-electron chi connectivity index (χ1n) is 4.48. The Labute approximate surface area is 87.4 Å². The molecule has 1 atom stereocenters. The topological polar surface area (TPSA) is 46.3 Å².